The van der Waals surface area contributed by atoms with Crippen LogP contribution in [0, 0.1) is 6.92 Å². The minimum Gasteiger partial charge on any atom is -0.507 e. The molecule has 0 radical (unpaired) electrons. The highest BCUT2D eigenvalue weighted by atomic mass is 16.5. The summed E-state index contributed by atoms with van der Waals surface area (Å²) in [5.74, 6) is 0.0608. The van der Waals surface area contributed by atoms with Gasteiger partial charge >= 0.3 is 0 Å². The van der Waals surface area contributed by atoms with Gasteiger partial charge < -0.3 is 29.0 Å². The highest BCUT2D eigenvalue weighted by Crippen LogP contribution is 2.42. The molecular weight excluding hydrogens is 464 g/mol. The highest BCUT2D eigenvalue weighted by Gasteiger charge is 2.46. The van der Waals surface area contributed by atoms with Crippen LogP contribution in [0.25, 0.3) is 5.76 Å². The second kappa shape index (κ2) is 11.0. The molecule has 2 fully saturated rings. The highest BCUT2D eigenvalue weighted by molar-refractivity contribution is 6.46. The number of rotatable bonds is 8. The fourth-order valence-corrected chi connectivity index (χ4v) is 4.74. The van der Waals surface area contributed by atoms with Crippen molar-refractivity contribution in [3.05, 3.63) is 58.7 Å². The molecule has 0 spiro atoms. The number of carbonyl (C=O) groups excluding carboxylic acids is 2. The molecule has 1 N–H and O–H groups in total. The summed E-state index contributed by atoms with van der Waals surface area (Å²) in [6.07, 6.45) is 0. The average Bonchev–Trinajstić information content (AvgIpc) is 3.16. The fourth-order valence-electron chi connectivity index (χ4n) is 4.74. The van der Waals surface area contributed by atoms with Gasteiger partial charge in [0.15, 0.2) is 11.5 Å². The topological polar surface area (TPSA) is 97.8 Å². The number of hydrogen-bond donors (Lipinski definition) is 1. The van der Waals surface area contributed by atoms with Crippen molar-refractivity contribution in [2.24, 2.45) is 0 Å². The predicted molar refractivity (Wildman–Crippen MR) is 134 cm³/mol. The van der Waals surface area contributed by atoms with Gasteiger partial charge in [-0.3, -0.25) is 14.5 Å². The summed E-state index contributed by atoms with van der Waals surface area (Å²) in [6, 6.07) is 9.61. The van der Waals surface area contributed by atoms with Crippen LogP contribution in [0.4, 0.5) is 0 Å². The zero-order valence-electron chi connectivity index (χ0n) is 21.1. The van der Waals surface area contributed by atoms with Crippen molar-refractivity contribution < 1.29 is 33.6 Å². The van der Waals surface area contributed by atoms with Crippen LogP contribution < -0.4 is 14.2 Å². The number of aliphatic hydroxyl groups is 1. The van der Waals surface area contributed by atoms with Crippen molar-refractivity contribution in [3.63, 3.8) is 0 Å². The lowest BCUT2D eigenvalue weighted by Crippen LogP contribution is -2.42. The summed E-state index contributed by atoms with van der Waals surface area (Å²) in [5, 5.41) is 11.3. The van der Waals surface area contributed by atoms with Gasteiger partial charge in [0.2, 0.25) is 0 Å². The van der Waals surface area contributed by atoms with Gasteiger partial charge in [-0.25, -0.2) is 0 Å². The number of ether oxygens (including phenoxy) is 4. The normalized spacial score (nSPS) is 20.0. The number of aliphatic hydroxyl groups excluding tert-OH is 1. The summed E-state index contributed by atoms with van der Waals surface area (Å²) in [5.41, 5.74) is 1.91. The molecule has 2 heterocycles. The molecule has 0 saturated carbocycles. The van der Waals surface area contributed by atoms with Gasteiger partial charge in [-0.2, -0.15) is 0 Å². The molecule has 36 heavy (non-hydrogen) atoms. The minimum absolute atomic E-state index is 0.0405. The third-order valence-corrected chi connectivity index (χ3v) is 6.69. The number of likely N-dealkylation sites (tertiary alicyclic amines) is 1. The molecule has 0 aliphatic carbocycles. The van der Waals surface area contributed by atoms with E-state index in [1.54, 1.807) is 43.5 Å². The van der Waals surface area contributed by atoms with E-state index in [0.717, 1.165) is 18.7 Å². The molecule has 2 saturated heterocycles. The Hall–Kier alpha value is -3.56. The summed E-state index contributed by atoms with van der Waals surface area (Å²) in [6.45, 7) is 5.54. The summed E-state index contributed by atoms with van der Waals surface area (Å²) >= 11 is 0. The molecule has 4 rings (SSSR count). The minimum atomic E-state index is -0.784. The molecule has 1 atom stereocenters. The van der Waals surface area contributed by atoms with Crippen LogP contribution in [-0.4, -0.2) is 87.3 Å². The maximum Gasteiger partial charge on any atom is 0.295 e. The van der Waals surface area contributed by atoms with Crippen molar-refractivity contribution in [2.75, 3.05) is 60.7 Å². The summed E-state index contributed by atoms with van der Waals surface area (Å²) in [4.78, 5) is 30.3. The van der Waals surface area contributed by atoms with E-state index in [9.17, 15) is 14.7 Å². The fraction of sp³-hybridized carbons (Fsp3) is 0.407. The Kier molecular flexibility index (Phi) is 7.81. The van der Waals surface area contributed by atoms with E-state index in [2.05, 4.69) is 4.90 Å². The molecular formula is C27H32N2O7. The molecule has 0 bridgehead atoms. The van der Waals surface area contributed by atoms with Crippen LogP contribution in [0.1, 0.15) is 22.7 Å². The van der Waals surface area contributed by atoms with Crippen LogP contribution in [0.5, 0.6) is 17.2 Å². The van der Waals surface area contributed by atoms with Gasteiger partial charge in [0.1, 0.15) is 11.5 Å². The van der Waals surface area contributed by atoms with E-state index in [-0.39, 0.29) is 11.3 Å². The number of morpholine rings is 1. The maximum atomic E-state index is 13.3. The second-order valence-electron chi connectivity index (χ2n) is 8.75. The smallest absolute Gasteiger partial charge is 0.295 e. The molecule has 9 heteroatoms. The Balaban J connectivity index is 1.79. The number of methoxy groups -OCH3 is 3. The summed E-state index contributed by atoms with van der Waals surface area (Å²) in [7, 11) is 4.63. The van der Waals surface area contributed by atoms with E-state index < -0.39 is 17.7 Å². The molecule has 0 unspecified atom stereocenters. The van der Waals surface area contributed by atoms with Gasteiger partial charge in [-0.15, -0.1) is 0 Å². The first-order chi connectivity index (χ1) is 17.4. The van der Waals surface area contributed by atoms with Crippen molar-refractivity contribution in [3.8, 4) is 17.2 Å². The lowest BCUT2D eigenvalue weighted by atomic mass is 9.94. The Labute approximate surface area is 210 Å². The SMILES string of the molecule is COc1ccc(C(O)=C2C(=O)C(=O)N(CCN3CCOCC3)[C@@H]2c2ccc(OC)c(OC)c2)cc1C. The van der Waals surface area contributed by atoms with Crippen LogP contribution >= 0.6 is 0 Å². The molecule has 192 valence electrons. The number of benzene rings is 2. The number of amides is 1. The van der Waals surface area contributed by atoms with E-state index in [0.29, 0.717) is 54.7 Å². The van der Waals surface area contributed by atoms with Crippen LogP contribution in [0.15, 0.2) is 42.0 Å². The number of nitrogens with zero attached hydrogens (tertiary/aromatic N) is 2. The number of ketones is 1. The van der Waals surface area contributed by atoms with Gasteiger partial charge in [-0.1, -0.05) is 6.07 Å². The molecule has 2 aromatic carbocycles. The number of aryl methyl sites for hydroxylation is 1. The monoisotopic (exact) mass is 496 g/mol. The Morgan fingerprint density at radius 3 is 2.25 bits per heavy atom. The number of carbonyl (C=O) groups is 2. The molecule has 9 nitrogen and oxygen atoms in total. The second-order valence-corrected chi connectivity index (χ2v) is 8.75. The van der Waals surface area contributed by atoms with E-state index in [1.165, 1.54) is 19.1 Å². The zero-order chi connectivity index (χ0) is 25.8. The first-order valence-electron chi connectivity index (χ1n) is 11.8. The predicted octanol–water partition coefficient (Wildman–Crippen LogP) is 2.77. The molecule has 2 aliphatic rings. The van der Waals surface area contributed by atoms with Crippen molar-refractivity contribution in [1.82, 2.24) is 9.80 Å². The number of hydrogen-bond acceptors (Lipinski definition) is 8. The van der Waals surface area contributed by atoms with Gasteiger partial charge in [0, 0.05) is 31.7 Å². The van der Waals surface area contributed by atoms with Gasteiger partial charge in [0.05, 0.1) is 46.2 Å². The van der Waals surface area contributed by atoms with Crippen LogP contribution in [-0.2, 0) is 14.3 Å². The van der Waals surface area contributed by atoms with Crippen molar-refractivity contribution >= 4 is 17.4 Å². The quantitative estimate of drug-likeness (QED) is 0.339. The third kappa shape index (κ3) is 4.89. The Morgan fingerprint density at radius 2 is 1.61 bits per heavy atom. The van der Waals surface area contributed by atoms with Crippen LogP contribution in [0.2, 0.25) is 0 Å². The lowest BCUT2D eigenvalue weighted by molar-refractivity contribution is -0.140. The van der Waals surface area contributed by atoms with Gasteiger partial charge in [0.25, 0.3) is 11.7 Å². The van der Waals surface area contributed by atoms with Crippen molar-refractivity contribution in [2.45, 2.75) is 13.0 Å². The molecule has 0 aromatic heterocycles. The average molecular weight is 497 g/mol. The van der Waals surface area contributed by atoms with E-state index in [4.69, 9.17) is 18.9 Å². The first-order valence-corrected chi connectivity index (χ1v) is 11.8. The molecule has 2 aromatic rings. The van der Waals surface area contributed by atoms with Crippen molar-refractivity contribution in [1.29, 1.82) is 0 Å². The standard InChI is InChI=1S/C27H32N2O7/c1-17-15-19(6-7-20(17)33-2)25(30)23-24(18-5-8-21(34-3)22(16-18)35-4)29(27(32)26(23)31)10-9-28-11-13-36-14-12-28/h5-8,15-16,24,30H,9-14H2,1-4H3/t24-/m1/s1. The Morgan fingerprint density at radius 1 is 0.944 bits per heavy atom. The third-order valence-electron chi connectivity index (χ3n) is 6.69. The van der Waals surface area contributed by atoms with Crippen LogP contribution in [0.3, 0.4) is 0 Å². The van der Waals surface area contributed by atoms with E-state index in [1.807, 2.05) is 6.92 Å². The van der Waals surface area contributed by atoms with E-state index >= 15 is 0 Å². The lowest BCUT2D eigenvalue weighted by Gasteiger charge is -2.31. The maximum absolute atomic E-state index is 13.3. The first kappa shape index (κ1) is 25.5. The number of Topliss-reactive ketones (excluding diaryl/α,β-unsaturated/α-hetero) is 1. The van der Waals surface area contributed by atoms with Gasteiger partial charge in [-0.05, 0) is 48.4 Å². The summed E-state index contributed by atoms with van der Waals surface area (Å²) < 4.78 is 21.6. The largest absolute Gasteiger partial charge is 0.507 e. The Bertz CT molecular complexity index is 1170. The zero-order valence-corrected chi connectivity index (χ0v) is 21.1. The molecule has 2 aliphatic heterocycles. The molecule has 1 amide bonds.